The van der Waals surface area contributed by atoms with E-state index in [9.17, 15) is 13.0 Å². The van der Waals surface area contributed by atoms with Crippen LogP contribution < -0.4 is 4.72 Å². The monoisotopic (exact) mass is 313 g/mol. The summed E-state index contributed by atoms with van der Waals surface area (Å²) in [5.74, 6) is -1.43. The van der Waals surface area contributed by atoms with E-state index >= 15 is 0 Å². The van der Waals surface area contributed by atoms with Crippen LogP contribution in [0.3, 0.4) is 0 Å². The average Bonchev–Trinajstić information content (AvgIpc) is 2.25. The maximum atomic E-state index is 11.9. The van der Waals surface area contributed by atoms with Gasteiger partial charge in [-0.2, -0.15) is 4.72 Å². The molecule has 0 aliphatic carbocycles. The lowest BCUT2D eigenvalue weighted by atomic mass is 10.4. The van der Waals surface area contributed by atoms with Gasteiger partial charge in [-0.15, -0.1) is 0 Å². The first-order valence-corrected chi connectivity index (χ1v) is 8.54. The van der Waals surface area contributed by atoms with Gasteiger partial charge in [-0.3, -0.25) is 4.57 Å². The highest BCUT2D eigenvalue weighted by atomic mass is 35.5. The van der Waals surface area contributed by atoms with Gasteiger partial charge in [-0.1, -0.05) is 18.5 Å². The molecule has 0 amide bonds. The van der Waals surface area contributed by atoms with Crippen molar-refractivity contribution < 1.29 is 22.8 Å². The Morgan fingerprint density at radius 2 is 1.83 bits per heavy atom. The zero-order valence-corrected chi connectivity index (χ0v) is 11.9. The molecular weight excluding hydrogens is 301 g/mol. The molecule has 0 bridgehead atoms. The molecule has 18 heavy (non-hydrogen) atoms. The van der Waals surface area contributed by atoms with E-state index in [4.69, 9.17) is 21.4 Å². The van der Waals surface area contributed by atoms with E-state index in [1.807, 2.05) is 4.72 Å². The number of rotatable bonds is 5. The van der Waals surface area contributed by atoms with E-state index in [1.54, 1.807) is 0 Å². The second-order valence-electron chi connectivity index (χ2n) is 3.59. The van der Waals surface area contributed by atoms with Crippen LogP contribution in [0.2, 0.25) is 5.02 Å². The van der Waals surface area contributed by atoms with E-state index in [-0.39, 0.29) is 11.3 Å². The van der Waals surface area contributed by atoms with Crippen LogP contribution in [0.4, 0.5) is 0 Å². The summed E-state index contributed by atoms with van der Waals surface area (Å²) in [4.78, 5) is 17.9. The van der Waals surface area contributed by atoms with Gasteiger partial charge in [0.1, 0.15) is 5.78 Å². The third-order valence-electron chi connectivity index (χ3n) is 2.21. The summed E-state index contributed by atoms with van der Waals surface area (Å²) >= 11 is 5.63. The van der Waals surface area contributed by atoms with Gasteiger partial charge in [0, 0.05) is 5.02 Å². The highest BCUT2D eigenvalue weighted by molar-refractivity contribution is 7.89. The maximum absolute atomic E-state index is 11.9. The smallest absolute Gasteiger partial charge is 0.323 e. The summed E-state index contributed by atoms with van der Waals surface area (Å²) < 4.78 is 36.8. The molecule has 1 aromatic rings. The van der Waals surface area contributed by atoms with Crippen LogP contribution in [0.25, 0.3) is 0 Å². The molecule has 9 heteroatoms. The molecule has 0 aromatic heterocycles. The van der Waals surface area contributed by atoms with Crippen molar-refractivity contribution in [2.45, 2.75) is 24.0 Å². The van der Waals surface area contributed by atoms with Crippen LogP contribution in [-0.4, -0.2) is 24.0 Å². The van der Waals surface area contributed by atoms with Gasteiger partial charge in [0.15, 0.2) is 0 Å². The molecule has 0 spiro atoms. The quantitative estimate of drug-likeness (QED) is 0.715. The van der Waals surface area contributed by atoms with Gasteiger partial charge < -0.3 is 9.79 Å². The second-order valence-corrected chi connectivity index (χ2v) is 7.54. The molecule has 0 fully saturated rings. The van der Waals surface area contributed by atoms with Crippen molar-refractivity contribution in [1.82, 2.24) is 4.72 Å². The molecule has 0 heterocycles. The molecule has 6 nitrogen and oxygen atoms in total. The van der Waals surface area contributed by atoms with Crippen molar-refractivity contribution in [3.8, 4) is 0 Å². The van der Waals surface area contributed by atoms with E-state index < -0.39 is 23.4 Å². The zero-order chi connectivity index (χ0) is 14.0. The predicted octanol–water partition coefficient (Wildman–Crippen LogP) is 1.53. The average molecular weight is 314 g/mol. The van der Waals surface area contributed by atoms with Crippen LogP contribution in [0, 0.1) is 0 Å². The minimum atomic E-state index is -4.52. The fraction of sp³-hybridized carbons (Fsp3) is 0.333. The fourth-order valence-electron chi connectivity index (χ4n) is 1.25. The van der Waals surface area contributed by atoms with Crippen molar-refractivity contribution in [2.75, 3.05) is 0 Å². The Bertz CT molecular complexity index is 553. The van der Waals surface area contributed by atoms with Gasteiger partial charge in [0.2, 0.25) is 10.0 Å². The van der Waals surface area contributed by atoms with Gasteiger partial charge in [-0.25, -0.2) is 8.42 Å². The number of nitrogens with one attached hydrogen (secondary N) is 1. The minimum absolute atomic E-state index is 0.0168. The first kappa shape index (κ1) is 15.6. The molecule has 1 atom stereocenters. The summed E-state index contributed by atoms with van der Waals surface area (Å²) in [6.45, 7) is 1.48. The van der Waals surface area contributed by atoms with E-state index in [0.717, 1.165) is 0 Å². The van der Waals surface area contributed by atoms with Crippen molar-refractivity contribution in [1.29, 1.82) is 0 Å². The Morgan fingerprint density at radius 3 is 2.22 bits per heavy atom. The van der Waals surface area contributed by atoms with E-state index in [1.165, 1.54) is 31.2 Å². The number of benzene rings is 1. The first-order chi connectivity index (χ1) is 8.16. The predicted molar refractivity (Wildman–Crippen MR) is 67.9 cm³/mol. The van der Waals surface area contributed by atoms with Gasteiger partial charge in [0.05, 0.1) is 4.90 Å². The SMILES string of the molecule is CCC(NS(=O)(=O)c1ccc(Cl)cc1)P(=O)(O)O. The minimum Gasteiger partial charge on any atom is -0.323 e. The molecule has 1 rings (SSSR count). The molecular formula is C9H13ClNO5PS. The highest BCUT2D eigenvalue weighted by Gasteiger charge is 2.31. The molecule has 1 aromatic carbocycles. The highest BCUT2D eigenvalue weighted by Crippen LogP contribution is 2.41. The molecule has 0 saturated carbocycles. The van der Waals surface area contributed by atoms with Crippen LogP contribution in [0.15, 0.2) is 29.2 Å². The largest absolute Gasteiger partial charge is 0.343 e. The van der Waals surface area contributed by atoms with E-state index in [2.05, 4.69) is 0 Å². The number of hydrogen-bond acceptors (Lipinski definition) is 3. The summed E-state index contributed by atoms with van der Waals surface area (Å²) in [5, 5.41) is 0.371. The van der Waals surface area contributed by atoms with Crippen molar-refractivity contribution in [3.05, 3.63) is 29.3 Å². The third kappa shape index (κ3) is 4.05. The van der Waals surface area contributed by atoms with Crippen molar-refractivity contribution >= 4 is 29.2 Å². The van der Waals surface area contributed by atoms with Crippen molar-refractivity contribution in [2.24, 2.45) is 0 Å². The molecule has 0 saturated heterocycles. The van der Waals surface area contributed by atoms with Gasteiger partial charge >= 0.3 is 7.60 Å². The summed E-state index contributed by atoms with van der Waals surface area (Å²) in [7, 11) is -8.49. The Morgan fingerprint density at radius 1 is 1.33 bits per heavy atom. The Kier molecular flexibility index (Phi) is 4.94. The molecule has 3 N–H and O–H groups in total. The topological polar surface area (TPSA) is 104 Å². The lowest BCUT2D eigenvalue weighted by Gasteiger charge is -2.18. The van der Waals surface area contributed by atoms with Crippen LogP contribution >= 0.6 is 19.2 Å². The fourth-order valence-corrected chi connectivity index (χ4v) is 3.97. The number of hydrogen-bond donors (Lipinski definition) is 3. The zero-order valence-electron chi connectivity index (χ0n) is 9.45. The Balaban J connectivity index is 3.01. The number of halogens is 1. The normalized spacial score (nSPS) is 14.4. The molecule has 0 radical (unpaired) electrons. The van der Waals surface area contributed by atoms with Gasteiger partial charge in [-0.05, 0) is 30.7 Å². The molecule has 0 aliphatic heterocycles. The van der Waals surface area contributed by atoms with Crippen LogP contribution in [-0.2, 0) is 14.6 Å². The summed E-state index contributed by atoms with van der Waals surface area (Å²) in [6.07, 6.45) is -0.0168. The first-order valence-electron chi connectivity index (χ1n) is 5.00. The maximum Gasteiger partial charge on any atom is 0.343 e. The standard InChI is InChI=1S/C9H13ClNO5PS/c1-2-9(17(12,13)14)11-18(15,16)8-5-3-7(10)4-6-8/h3-6,9,11H,2H2,1H3,(H2,12,13,14). The van der Waals surface area contributed by atoms with Crippen molar-refractivity contribution in [3.63, 3.8) is 0 Å². The van der Waals surface area contributed by atoms with Crippen LogP contribution in [0.1, 0.15) is 13.3 Å². The lowest BCUT2D eigenvalue weighted by Crippen LogP contribution is -2.34. The van der Waals surface area contributed by atoms with Crippen LogP contribution in [0.5, 0.6) is 0 Å². The molecule has 102 valence electrons. The summed E-state index contributed by atoms with van der Waals surface area (Å²) in [5.41, 5.74) is 0. The van der Waals surface area contributed by atoms with Gasteiger partial charge in [0.25, 0.3) is 0 Å². The summed E-state index contributed by atoms with van der Waals surface area (Å²) in [6, 6.07) is 5.29. The lowest BCUT2D eigenvalue weighted by molar-refractivity contribution is 0.352. The number of sulfonamides is 1. The Hall–Kier alpha value is -0.430. The molecule has 0 aliphatic rings. The van der Waals surface area contributed by atoms with E-state index in [0.29, 0.717) is 5.02 Å². The Labute approximate surface area is 110 Å². The third-order valence-corrected chi connectivity index (χ3v) is 5.43. The second kappa shape index (κ2) is 5.69. The molecule has 1 unspecified atom stereocenters.